The van der Waals surface area contributed by atoms with Gasteiger partial charge in [-0.3, -0.25) is 4.99 Å². The minimum absolute atomic E-state index is 0. The summed E-state index contributed by atoms with van der Waals surface area (Å²) in [6.45, 7) is 14.4. The van der Waals surface area contributed by atoms with Gasteiger partial charge in [-0.2, -0.15) is 0 Å². The number of likely N-dealkylation sites (tertiary alicyclic amines) is 2. The van der Waals surface area contributed by atoms with Gasteiger partial charge in [0.15, 0.2) is 5.96 Å². The summed E-state index contributed by atoms with van der Waals surface area (Å²) >= 11 is 0. The highest BCUT2D eigenvalue weighted by Gasteiger charge is 2.27. The molecule has 2 fully saturated rings. The molecule has 2 aliphatic rings. The van der Waals surface area contributed by atoms with Crippen molar-refractivity contribution in [2.75, 3.05) is 52.9 Å². The van der Waals surface area contributed by atoms with Gasteiger partial charge >= 0.3 is 0 Å². The lowest BCUT2D eigenvalue weighted by molar-refractivity contribution is 0.0257. The predicted molar refractivity (Wildman–Crippen MR) is 122 cm³/mol. The van der Waals surface area contributed by atoms with Gasteiger partial charge in [-0.15, -0.1) is 24.0 Å². The van der Waals surface area contributed by atoms with Crippen LogP contribution >= 0.6 is 24.0 Å². The van der Waals surface area contributed by atoms with Crippen molar-refractivity contribution in [1.82, 2.24) is 15.1 Å². The lowest BCUT2D eigenvalue weighted by Gasteiger charge is -2.29. The van der Waals surface area contributed by atoms with Gasteiger partial charge < -0.3 is 19.9 Å². The third-order valence-electron chi connectivity index (χ3n) is 5.60. The summed E-state index contributed by atoms with van der Waals surface area (Å²) < 4.78 is 5.85. The molecule has 0 aromatic rings. The highest BCUT2D eigenvalue weighted by molar-refractivity contribution is 14.0. The number of nitrogens with zero attached hydrogens (tertiary/aromatic N) is 3. The van der Waals surface area contributed by atoms with Crippen LogP contribution in [0.25, 0.3) is 0 Å². The number of hydrogen-bond acceptors (Lipinski definition) is 3. The second-order valence-corrected chi connectivity index (χ2v) is 7.96. The van der Waals surface area contributed by atoms with Crippen LogP contribution < -0.4 is 5.32 Å². The molecule has 0 aromatic heterocycles. The van der Waals surface area contributed by atoms with Crippen LogP contribution in [0.15, 0.2) is 4.99 Å². The molecule has 26 heavy (non-hydrogen) atoms. The van der Waals surface area contributed by atoms with Gasteiger partial charge in [0.25, 0.3) is 0 Å². The van der Waals surface area contributed by atoms with E-state index in [1.165, 1.54) is 45.3 Å². The first-order valence-corrected chi connectivity index (χ1v) is 10.4. The van der Waals surface area contributed by atoms with E-state index in [-0.39, 0.29) is 24.0 Å². The van der Waals surface area contributed by atoms with Gasteiger partial charge in [-0.25, -0.2) is 0 Å². The molecule has 2 unspecified atom stereocenters. The molecular weight excluding hydrogens is 439 g/mol. The summed E-state index contributed by atoms with van der Waals surface area (Å²) in [7, 11) is 1.91. The van der Waals surface area contributed by atoms with Crippen molar-refractivity contribution in [2.45, 2.75) is 59.0 Å². The summed E-state index contributed by atoms with van der Waals surface area (Å²) in [4.78, 5) is 9.63. The van der Waals surface area contributed by atoms with Crippen LogP contribution in [-0.2, 0) is 4.74 Å². The van der Waals surface area contributed by atoms with Gasteiger partial charge in [0.1, 0.15) is 0 Å². The maximum absolute atomic E-state index is 5.85. The number of aliphatic imine (C=N–C) groups is 1. The van der Waals surface area contributed by atoms with E-state index in [4.69, 9.17) is 4.74 Å². The number of hydrogen-bond donors (Lipinski definition) is 1. The fourth-order valence-electron chi connectivity index (χ4n) is 4.16. The lowest BCUT2D eigenvalue weighted by Crippen LogP contribution is -2.42. The van der Waals surface area contributed by atoms with Crippen LogP contribution in [0.4, 0.5) is 0 Å². The van der Waals surface area contributed by atoms with Gasteiger partial charge in [0, 0.05) is 39.8 Å². The summed E-state index contributed by atoms with van der Waals surface area (Å²) in [6, 6.07) is 0. The highest BCUT2D eigenvalue weighted by atomic mass is 127. The summed E-state index contributed by atoms with van der Waals surface area (Å²) in [6.07, 6.45) is 6.86. The van der Waals surface area contributed by atoms with E-state index in [2.05, 4.69) is 40.9 Å². The van der Waals surface area contributed by atoms with Crippen LogP contribution in [0.5, 0.6) is 0 Å². The maximum atomic E-state index is 5.85. The molecule has 0 aliphatic carbocycles. The van der Waals surface area contributed by atoms with Crippen molar-refractivity contribution in [3.63, 3.8) is 0 Å². The van der Waals surface area contributed by atoms with E-state index >= 15 is 0 Å². The van der Waals surface area contributed by atoms with Gasteiger partial charge in [0.2, 0.25) is 0 Å². The Hall–Kier alpha value is -0.0800. The second-order valence-electron chi connectivity index (χ2n) is 7.96. The average molecular weight is 480 g/mol. The number of rotatable bonds is 8. The quantitative estimate of drug-likeness (QED) is 0.328. The first-order valence-electron chi connectivity index (χ1n) is 10.4. The average Bonchev–Trinajstić information content (AvgIpc) is 3.06. The van der Waals surface area contributed by atoms with Crippen molar-refractivity contribution in [2.24, 2.45) is 16.8 Å². The minimum atomic E-state index is 0. The lowest BCUT2D eigenvalue weighted by atomic mass is 10.0. The van der Waals surface area contributed by atoms with E-state index in [0.717, 1.165) is 44.5 Å². The number of ether oxygens (including phenoxy) is 1. The molecule has 2 aliphatic heterocycles. The number of nitrogens with one attached hydrogen (secondary N) is 1. The zero-order valence-corrected chi connectivity index (χ0v) is 19.7. The Bertz CT molecular complexity index is 399. The van der Waals surface area contributed by atoms with Crippen LogP contribution in [0.3, 0.4) is 0 Å². The van der Waals surface area contributed by atoms with Crippen LogP contribution in [0, 0.1) is 11.8 Å². The van der Waals surface area contributed by atoms with E-state index in [1.54, 1.807) is 0 Å². The maximum Gasteiger partial charge on any atom is 0.193 e. The van der Waals surface area contributed by atoms with E-state index in [9.17, 15) is 0 Å². The topological polar surface area (TPSA) is 40.1 Å². The second kappa shape index (κ2) is 13.2. The fourth-order valence-corrected chi connectivity index (χ4v) is 4.16. The molecule has 5 nitrogen and oxygen atoms in total. The van der Waals surface area contributed by atoms with Crippen molar-refractivity contribution in [1.29, 1.82) is 0 Å². The molecule has 2 saturated heterocycles. The van der Waals surface area contributed by atoms with E-state index in [1.807, 2.05) is 7.05 Å². The van der Waals surface area contributed by atoms with Gasteiger partial charge in [0.05, 0.1) is 6.10 Å². The molecule has 2 atom stereocenters. The van der Waals surface area contributed by atoms with Crippen molar-refractivity contribution < 1.29 is 4.74 Å². The monoisotopic (exact) mass is 480 g/mol. The van der Waals surface area contributed by atoms with Crippen LogP contribution in [0.2, 0.25) is 0 Å². The van der Waals surface area contributed by atoms with E-state index in [0.29, 0.717) is 12.0 Å². The molecule has 0 amide bonds. The SMILES string of the molecule is CCOC(CCNC(=NC)N1CCC(CN2CCCCC2)C1)C(C)C.I. The normalized spacial score (nSPS) is 23.2. The molecule has 0 aromatic carbocycles. The molecule has 0 spiro atoms. The molecule has 0 radical (unpaired) electrons. The molecule has 0 saturated carbocycles. The Kier molecular flexibility index (Phi) is 12.1. The summed E-state index contributed by atoms with van der Waals surface area (Å²) in [5, 5.41) is 3.56. The Balaban J connectivity index is 0.00000338. The molecule has 2 heterocycles. The third-order valence-corrected chi connectivity index (χ3v) is 5.60. The summed E-state index contributed by atoms with van der Waals surface area (Å²) in [5.41, 5.74) is 0. The smallest absolute Gasteiger partial charge is 0.193 e. The van der Waals surface area contributed by atoms with Crippen molar-refractivity contribution >= 4 is 29.9 Å². The Morgan fingerprint density at radius 1 is 1.19 bits per heavy atom. The number of guanidine groups is 1. The molecule has 0 bridgehead atoms. The number of halogens is 1. The molecule has 2 rings (SSSR count). The highest BCUT2D eigenvalue weighted by Crippen LogP contribution is 2.20. The third kappa shape index (κ3) is 7.89. The van der Waals surface area contributed by atoms with Crippen molar-refractivity contribution in [3.8, 4) is 0 Å². The summed E-state index contributed by atoms with van der Waals surface area (Å²) in [5.74, 6) is 2.42. The molecular formula is C20H41IN4O. The Morgan fingerprint density at radius 3 is 2.54 bits per heavy atom. The number of piperidine rings is 1. The van der Waals surface area contributed by atoms with Crippen LogP contribution in [-0.4, -0.2) is 74.8 Å². The van der Waals surface area contributed by atoms with Crippen molar-refractivity contribution in [3.05, 3.63) is 0 Å². The van der Waals surface area contributed by atoms with Crippen LogP contribution in [0.1, 0.15) is 52.9 Å². The zero-order chi connectivity index (χ0) is 18.1. The van der Waals surface area contributed by atoms with Gasteiger partial charge in [-0.1, -0.05) is 20.3 Å². The van der Waals surface area contributed by atoms with E-state index < -0.39 is 0 Å². The Morgan fingerprint density at radius 2 is 1.92 bits per heavy atom. The first kappa shape index (κ1) is 24.0. The fraction of sp³-hybridized carbons (Fsp3) is 0.950. The first-order chi connectivity index (χ1) is 12.1. The predicted octanol–water partition coefficient (Wildman–Crippen LogP) is 3.44. The standard InChI is InChI=1S/C20H40N4O.HI/c1-5-25-19(17(2)3)9-11-22-20(21-4)24-14-10-18(16-24)15-23-12-7-6-8-13-23;/h17-19H,5-16H2,1-4H3,(H,21,22);1H. The minimum Gasteiger partial charge on any atom is -0.378 e. The largest absolute Gasteiger partial charge is 0.378 e. The Labute approximate surface area is 178 Å². The zero-order valence-electron chi connectivity index (χ0n) is 17.4. The molecule has 1 N–H and O–H groups in total. The van der Waals surface area contributed by atoms with Gasteiger partial charge in [-0.05, 0) is 57.5 Å². The molecule has 6 heteroatoms. The molecule has 154 valence electrons.